The van der Waals surface area contributed by atoms with Crippen molar-refractivity contribution in [2.24, 2.45) is 0 Å². The fraction of sp³-hybridized carbons (Fsp3) is 0.391. The van der Waals surface area contributed by atoms with Gasteiger partial charge in [-0.3, -0.25) is 24.6 Å². The number of carbonyl (C=O) groups is 2. The van der Waals surface area contributed by atoms with Gasteiger partial charge in [-0.1, -0.05) is 6.07 Å². The van der Waals surface area contributed by atoms with Crippen molar-refractivity contribution in [3.05, 3.63) is 63.7 Å². The summed E-state index contributed by atoms with van der Waals surface area (Å²) < 4.78 is 10.6. The molecule has 0 unspecified atom stereocenters. The van der Waals surface area contributed by atoms with E-state index < -0.39 is 4.92 Å². The number of non-ortho nitro benzene ring substituents is 1. The molecule has 10 nitrogen and oxygen atoms in total. The number of nitrogens with zero attached hydrogens (tertiary/aromatic N) is 3. The third-order valence-electron chi connectivity index (χ3n) is 5.54. The monoisotopic (exact) mass is 456 g/mol. The molecule has 2 amide bonds. The summed E-state index contributed by atoms with van der Waals surface area (Å²) in [7, 11) is 3.22. The fourth-order valence-corrected chi connectivity index (χ4v) is 3.67. The summed E-state index contributed by atoms with van der Waals surface area (Å²) in [5, 5.41) is 13.4. The van der Waals surface area contributed by atoms with Gasteiger partial charge in [-0.15, -0.1) is 0 Å². The lowest BCUT2D eigenvalue weighted by atomic mass is 10.1. The molecule has 3 rings (SSSR count). The molecule has 2 aromatic carbocycles. The number of nitrogens with one attached hydrogen (secondary N) is 1. The van der Waals surface area contributed by atoms with Gasteiger partial charge in [0, 0.05) is 63.4 Å². The first-order valence-electron chi connectivity index (χ1n) is 10.6. The third-order valence-corrected chi connectivity index (χ3v) is 5.54. The standard InChI is InChI=1S/C23H28N4O6/c1-32-20-8-3-17(15-21(20)33-2)16-25-11-13-26(14-12-25)22(28)9-10-24-23(29)18-4-6-19(7-5-18)27(30)31/h3-8,15H,9-14,16H2,1-2H3,(H,24,29). The average Bonchev–Trinajstić information content (AvgIpc) is 2.84. The van der Waals surface area contributed by atoms with Crippen LogP contribution in [0.25, 0.3) is 0 Å². The molecule has 0 bridgehead atoms. The minimum absolute atomic E-state index is 0.00948. The predicted octanol–water partition coefficient (Wildman–Crippen LogP) is 2.08. The maximum absolute atomic E-state index is 12.5. The lowest BCUT2D eigenvalue weighted by molar-refractivity contribution is -0.384. The van der Waals surface area contributed by atoms with E-state index in [0.29, 0.717) is 30.2 Å². The van der Waals surface area contributed by atoms with Crippen LogP contribution in [0.15, 0.2) is 42.5 Å². The summed E-state index contributed by atoms with van der Waals surface area (Å²) in [6.07, 6.45) is 0.203. The Morgan fingerprint density at radius 2 is 1.67 bits per heavy atom. The Kier molecular flexibility index (Phi) is 8.20. The summed E-state index contributed by atoms with van der Waals surface area (Å²) in [6, 6.07) is 11.2. The molecule has 1 saturated heterocycles. The van der Waals surface area contributed by atoms with Crippen LogP contribution in [-0.2, 0) is 11.3 Å². The van der Waals surface area contributed by atoms with Gasteiger partial charge in [-0.25, -0.2) is 0 Å². The largest absolute Gasteiger partial charge is 0.493 e. The lowest BCUT2D eigenvalue weighted by Gasteiger charge is -2.35. The molecule has 1 aliphatic rings. The van der Waals surface area contributed by atoms with E-state index in [-0.39, 0.29) is 30.5 Å². The van der Waals surface area contributed by atoms with Crippen molar-refractivity contribution in [2.45, 2.75) is 13.0 Å². The van der Waals surface area contributed by atoms with Crippen LogP contribution in [0.4, 0.5) is 5.69 Å². The predicted molar refractivity (Wildman–Crippen MR) is 121 cm³/mol. The normalized spacial score (nSPS) is 13.9. The highest BCUT2D eigenvalue weighted by Crippen LogP contribution is 2.28. The van der Waals surface area contributed by atoms with Crippen molar-refractivity contribution in [3.63, 3.8) is 0 Å². The van der Waals surface area contributed by atoms with Crippen LogP contribution in [0.2, 0.25) is 0 Å². The van der Waals surface area contributed by atoms with E-state index in [9.17, 15) is 19.7 Å². The van der Waals surface area contributed by atoms with Gasteiger partial charge in [0.2, 0.25) is 5.91 Å². The Bertz CT molecular complexity index is 987. The van der Waals surface area contributed by atoms with Crippen molar-refractivity contribution in [3.8, 4) is 11.5 Å². The Morgan fingerprint density at radius 1 is 1.00 bits per heavy atom. The Balaban J connectivity index is 1.40. The summed E-state index contributed by atoms with van der Waals surface area (Å²) in [5.74, 6) is 1.01. The van der Waals surface area contributed by atoms with E-state index in [1.165, 1.54) is 24.3 Å². The minimum Gasteiger partial charge on any atom is -0.493 e. The van der Waals surface area contributed by atoms with Gasteiger partial charge in [0.1, 0.15) is 0 Å². The van der Waals surface area contributed by atoms with Crippen LogP contribution < -0.4 is 14.8 Å². The van der Waals surface area contributed by atoms with Gasteiger partial charge in [-0.2, -0.15) is 0 Å². The summed E-state index contributed by atoms with van der Waals surface area (Å²) in [5.41, 5.74) is 1.35. The number of benzene rings is 2. The SMILES string of the molecule is COc1ccc(CN2CCN(C(=O)CCNC(=O)c3ccc([N+](=O)[O-])cc3)CC2)cc1OC. The van der Waals surface area contributed by atoms with E-state index >= 15 is 0 Å². The molecule has 1 fully saturated rings. The molecule has 0 radical (unpaired) electrons. The first-order valence-corrected chi connectivity index (χ1v) is 10.6. The summed E-state index contributed by atoms with van der Waals surface area (Å²) >= 11 is 0. The van der Waals surface area contributed by atoms with Crippen LogP contribution in [-0.4, -0.2) is 73.5 Å². The molecule has 0 aliphatic carbocycles. The maximum Gasteiger partial charge on any atom is 0.269 e. The number of hydrogen-bond donors (Lipinski definition) is 1. The molecule has 0 atom stereocenters. The first kappa shape index (κ1) is 24.0. The van der Waals surface area contributed by atoms with Crippen molar-refractivity contribution in [1.29, 1.82) is 0 Å². The highest BCUT2D eigenvalue weighted by Gasteiger charge is 2.21. The van der Waals surface area contributed by atoms with Gasteiger partial charge in [0.15, 0.2) is 11.5 Å². The zero-order chi connectivity index (χ0) is 23.8. The highest BCUT2D eigenvalue weighted by atomic mass is 16.6. The number of piperazine rings is 1. The number of methoxy groups -OCH3 is 2. The van der Waals surface area contributed by atoms with Crippen molar-refractivity contribution < 1.29 is 24.0 Å². The van der Waals surface area contributed by atoms with E-state index in [0.717, 1.165) is 25.2 Å². The van der Waals surface area contributed by atoms with Gasteiger partial charge < -0.3 is 19.7 Å². The fourth-order valence-electron chi connectivity index (χ4n) is 3.67. The lowest BCUT2D eigenvalue weighted by Crippen LogP contribution is -2.48. The average molecular weight is 456 g/mol. The van der Waals surface area contributed by atoms with Crippen LogP contribution >= 0.6 is 0 Å². The molecule has 1 aliphatic heterocycles. The molecule has 2 aromatic rings. The van der Waals surface area contributed by atoms with E-state index in [1.807, 2.05) is 23.1 Å². The van der Waals surface area contributed by atoms with Crippen molar-refractivity contribution in [1.82, 2.24) is 15.1 Å². The second-order valence-corrected chi connectivity index (χ2v) is 7.66. The van der Waals surface area contributed by atoms with Crippen molar-refractivity contribution >= 4 is 17.5 Å². The molecular formula is C23H28N4O6. The molecule has 1 N–H and O–H groups in total. The molecular weight excluding hydrogens is 428 g/mol. The number of carbonyl (C=O) groups excluding carboxylic acids is 2. The molecule has 176 valence electrons. The second-order valence-electron chi connectivity index (χ2n) is 7.66. The number of rotatable bonds is 9. The van der Waals surface area contributed by atoms with E-state index in [4.69, 9.17) is 9.47 Å². The number of ether oxygens (including phenoxy) is 2. The smallest absolute Gasteiger partial charge is 0.269 e. The molecule has 0 aromatic heterocycles. The highest BCUT2D eigenvalue weighted by molar-refractivity contribution is 5.94. The summed E-state index contributed by atoms with van der Waals surface area (Å²) in [4.78, 5) is 38.9. The molecule has 0 saturated carbocycles. The van der Waals surface area contributed by atoms with Crippen molar-refractivity contribution in [2.75, 3.05) is 46.9 Å². The van der Waals surface area contributed by atoms with Crippen LogP contribution in [0.3, 0.4) is 0 Å². The second kappa shape index (κ2) is 11.3. The van der Waals surface area contributed by atoms with Gasteiger partial charge in [0.25, 0.3) is 11.6 Å². The van der Waals surface area contributed by atoms with E-state index in [1.54, 1.807) is 14.2 Å². The minimum atomic E-state index is -0.520. The van der Waals surface area contributed by atoms with Crippen LogP contribution in [0, 0.1) is 10.1 Å². The maximum atomic E-state index is 12.5. The van der Waals surface area contributed by atoms with Crippen LogP contribution in [0.1, 0.15) is 22.3 Å². The number of nitro benzene ring substituents is 1. The molecule has 1 heterocycles. The Labute approximate surface area is 192 Å². The van der Waals surface area contributed by atoms with Gasteiger partial charge in [0.05, 0.1) is 19.1 Å². The molecule has 33 heavy (non-hydrogen) atoms. The third kappa shape index (κ3) is 6.42. The Morgan fingerprint density at radius 3 is 2.27 bits per heavy atom. The zero-order valence-corrected chi connectivity index (χ0v) is 18.8. The quantitative estimate of drug-likeness (QED) is 0.454. The summed E-state index contributed by atoms with van der Waals surface area (Å²) in [6.45, 7) is 3.74. The molecule has 10 heteroatoms. The number of nitro groups is 1. The molecule has 0 spiro atoms. The van der Waals surface area contributed by atoms with Crippen LogP contribution in [0.5, 0.6) is 11.5 Å². The zero-order valence-electron chi connectivity index (χ0n) is 18.8. The Hall–Kier alpha value is -3.66. The number of hydrogen-bond acceptors (Lipinski definition) is 7. The first-order chi connectivity index (χ1) is 15.9. The number of amides is 2. The van der Waals surface area contributed by atoms with E-state index in [2.05, 4.69) is 10.2 Å². The van der Waals surface area contributed by atoms with Gasteiger partial charge >= 0.3 is 0 Å². The topological polar surface area (TPSA) is 114 Å². The van der Waals surface area contributed by atoms with Gasteiger partial charge in [-0.05, 0) is 29.8 Å².